The number of hydrogen-bond acceptors (Lipinski definition) is 4. The van der Waals surface area contributed by atoms with Crippen LogP contribution in [0, 0.1) is 0 Å². The number of aromatic nitrogens is 1. The van der Waals surface area contributed by atoms with Gasteiger partial charge in [0.2, 0.25) is 0 Å². The lowest BCUT2D eigenvalue weighted by molar-refractivity contribution is 0.186. The number of nitrogens with zero attached hydrogens (tertiary/aromatic N) is 2. The molecule has 0 saturated heterocycles. The van der Waals surface area contributed by atoms with Crippen LogP contribution in [0.1, 0.15) is 12.5 Å². The van der Waals surface area contributed by atoms with Gasteiger partial charge >= 0.3 is 0 Å². The molecule has 7 heteroatoms. The van der Waals surface area contributed by atoms with Crippen molar-refractivity contribution in [2.24, 2.45) is 10.7 Å². The van der Waals surface area contributed by atoms with E-state index < -0.39 is 0 Å². The minimum atomic E-state index is 0. The highest BCUT2D eigenvalue weighted by atomic mass is 35.5. The van der Waals surface area contributed by atoms with Gasteiger partial charge in [-0.1, -0.05) is 29.4 Å². The van der Waals surface area contributed by atoms with Crippen LogP contribution in [0.3, 0.4) is 0 Å². The lowest BCUT2D eigenvalue weighted by atomic mass is 10.1. The van der Waals surface area contributed by atoms with Crippen LogP contribution < -0.4 is 5.73 Å². The second-order valence-electron chi connectivity index (χ2n) is 4.67. The molecule has 0 amide bonds. The second kappa shape index (κ2) is 9.20. The molecular weight excluding hydrogens is 341 g/mol. The molecule has 120 valence electrons. The highest BCUT2D eigenvalue weighted by Crippen LogP contribution is 2.27. The van der Waals surface area contributed by atoms with Crippen LogP contribution >= 0.6 is 35.8 Å². The van der Waals surface area contributed by atoms with Gasteiger partial charge in [-0.25, -0.2) is 0 Å². The number of thioether (sulfide) groups is 1. The first-order valence-corrected chi connectivity index (χ1v) is 7.95. The quantitative estimate of drug-likeness (QED) is 0.649. The molecule has 1 heterocycles. The predicted molar refractivity (Wildman–Crippen MR) is 98.3 cm³/mol. The highest BCUT2D eigenvalue weighted by Gasteiger charge is 2.07. The number of pyridine rings is 1. The summed E-state index contributed by atoms with van der Waals surface area (Å²) in [5.74, 6) is 0.708. The summed E-state index contributed by atoms with van der Waals surface area (Å²) < 4.78 is 5.04. The van der Waals surface area contributed by atoms with Gasteiger partial charge in [0.05, 0.1) is 18.2 Å². The number of ether oxygens (including phenoxy) is 1. The number of nitrogens with two attached hydrogens (primary N) is 1. The third kappa shape index (κ3) is 5.02. The van der Waals surface area contributed by atoms with Crippen LogP contribution in [-0.4, -0.2) is 29.9 Å². The van der Waals surface area contributed by atoms with Crippen molar-refractivity contribution in [2.75, 3.05) is 13.7 Å². The molecule has 0 fully saturated rings. The predicted octanol–water partition coefficient (Wildman–Crippen LogP) is 3.89. The summed E-state index contributed by atoms with van der Waals surface area (Å²) in [4.78, 5) is 8.78. The maximum atomic E-state index is 6.19. The summed E-state index contributed by atoms with van der Waals surface area (Å²) in [5.41, 5.74) is 7.94. The Bertz CT molecular complexity index is 652. The van der Waals surface area contributed by atoms with E-state index in [2.05, 4.69) is 9.98 Å². The van der Waals surface area contributed by atoms with Gasteiger partial charge < -0.3 is 10.5 Å². The number of amidine groups is 1. The first kappa shape index (κ1) is 19.0. The van der Waals surface area contributed by atoms with E-state index in [0.29, 0.717) is 22.6 Å². The number of rotatable bonds is 5. The Morgan fingerprint density at radius 1 is 1.45 bits per heavy atom. The molecule has 4 nitrogen and oxygen atoms in total. The maximum Gasteiger partial charge on any atom is 0.154 e. The molecule has 0 spiro atoms. The summed E-state index contributed by atoms with van der Waals surface area (Å²) in [6.07, 6.45) is 1.77. The van der Waals surface area contributed by atoms with E-state index in [4.69, 9.17) is 22.1 Å². The van der Waals surface area contributed by atoms with Gasteiger partial charge in [0.1, 0.15) is 0 Å². The summed E-state index contributed by atoms with van der Waals surface area (Å²) in [7, 11) is 1.65. The number of benzene rings is 1. The zero-order chi connectivity index (χ0) is 15.2. The molecular formula is C15H19Cl2N3OS. The van der Waals surface area contributed by atoms with Crippen molar-refractivity contribution in [3.8, 4) is 0 Å². The van der Waals surface area contributed by atoms with E-state index in [0.717, 1.165) is 16.5 Å². The maximum absolute atomic E-state index is 6.19. The fourth-order valence-corrected chi connectivity index (χ4v) is 3.00. The average molecular weight is 360 g/mol. The number of methoxy groups -OCH3 is 1. The number of hydrogen-bond donors (Lipinski definition) is 1. The standard InChI is InChI=1S/C15H18ClN3OS.ClH/c1-10(8-20-2)19-15(17)21-9-11-5-6-13(16)12-4-3-7-18-14(11)12;/h3-7,10H,8-9H2,1-2H3,(H2,17,19);1H. The van der Waals surface area contributed by atoms with E-state index in [1.54, 1.807) is 13.3 Å². The van der Waals surface area contributed by atoms with Gasteiger partial charge in [-0.2, -0.15) is 0 Å². The Labute approximate surface area is 145 Å². The monoisotopic (exact) mass is 359 g/mol. The van der Waals surface area contributed by atoms with Crippen LogP contribution in [0.25, 0.3) is 10.9 Å². The molecule has 22 heavy (non-hydrogen) atoms. The SMILES string of the molecule is COCC(C)N=C(N)SCc1ccc(Cl)c2cccnc12.Cl. The van der Waals surface area contributed by atoms with Crippen molar-refractivity contribution >= 4 is 51.8 Å². The van der Waals surface area contributed by atoms with Gasteiger partial charge in [0.15, 0.2) is 5.17 Å². The van der Waals surface area contributed by atoms with Crippen LogP contribution in [0.15, 0.2) is 35.5 Å². The van der Waals surface area contributed by atoms with Gasteiger partial charge in [-0.3, -0.25) is 9.98 Å². The molecule has 0 aliphatic heterocycles. The van der Waals surface area contributed by atoms with E-state index >= 15 is 0 Å². The van der Waals surface area contributed by atoms with E-state index in [-0.39, 0.29) is 18.4 Å². The molecule has 2 aromatic rings. The van der Waals surface area contributed by atoms with Crippen LogP contribution in [0.4, 0.5) is 0 Å². The average Bonchev–Trinajstić information content (AvgIpc) is 2.47. The Morgan fingerprint density at radius 3 is 2.95 bits per heavy atom. The lowest BCUT2D eigenvalue weighted by Gasteiger charge is -2.08. The van der Waals surface area contributed by atoms with Gasteiger partial charge in [-0.15, -0.1) is 12.4 Å². The molecule has 0 bridgehead atoms. The van der Waals surface area contributed by atoms with Crippen molar-refractivity contribution in [1.82, 2.24) is 4.98 Å². The van der Waals surface area contributed by atoms with Crippen molar-refractivity contribution in [1.29, 1.82) is 0 Å². The Morgan fingerprint density at radius 2 is 2.23 bits per heavy atom. The second-order valence-corrected chi connectivity index (χ2v) is 6.07. The highest BCUT2D eigenvalue weighted by molar-refractivity contribution is 8.13. The van der Waals surface area contributed by atoms with Crippen molar-refractivity contribution < 1.29 is 4.74 Å². The number of fused-ring (bicyclic) bond motifs is 1. The molecule has 1 aromatic carbocycles. The third-order valence-electron chi connectivity index (χ3n) is 2.93. The first-order valence-electron chi connectivity index (χ1n) is 6.59. The molecule has 1 aromatic heterocycles. The molecule has 0 radical (unpaired) electrons. The van der Waals surface area contributed by atoms with Gasteiger partial charge in [0.25, 0.3) is 0 Å². The van der Waals surface area contributed by atoms with Crippen molar-refractivity contribution in [3.05, 3.63) is 41.0 Å². The normalized spacial score (nSPS) is 13.0. The lowest BCUT2D eigenvalue weighted by Crippen LogP contribution is -2.15. The molecule has 2 rings (SSSR count). The molecule has 0 aliphatic rings. The summed E-state index contributed by atoms with van der Waals surface area (Å²) >= 11 is 7.68. The topological polar surface area (TPSA) is 60.5 Å². The molecule has 0 aliphatic carbocycles. The van der Waals surface area contributed by atoms with Crippen LogP contribution in [0.2, 0.25) is 5.02 Å². The minimum absolute atomic E-state index is 0. The number of halogens is 2. The van der Waals surface area contributed by atoms with Crippen molar-refractivity contribution in [2.45, 2.75) is 18.7 Å². The Hall–Kier alpha value is -1.01. The van der Waals surface area contributed by atoms with E-state index in [9.17, 15) is 0 Å². The zero-order valence-corrected chi connectivity index (χ0v) is 14.8. The number of aliphatic imine (C=N–C) groups is 1. The summed E-state index contributed by atoms with van der Waals surface area (Å²) in [6, 6.07) is 7.78. The first-order chi connectivity index (χ1) is 10.1. The zero-order valence-electron chi connectivity index (χ0n) is 12.5. The fraction of sp³-hybridized carbons (Fsp3) is 0.333. The summed E-state index contributed by atoms with van der Waals surface area (Å²) in [5, 5.41) is 2.22. The van der Waals surface area contributed by atoms with Crippen molar-refractivity contribution in [3.63, 3.8) is 0 Å². The molecule has 1 atom stereocenters. The summed E-state index contributed by atoms with van der Waals surface area (Å²) in [6.45, 7) is 2.53. The van der Waals surface area contributed by atoms with Crippen LogP contribution in [0.5, 0.6) is 0 Å². The van der Waals surface area contributed by atoms with Gasteiger partial charge in [0, 0.05) is 29.5 Å². The van der Waals surface area contributed by atoms with Crippen LogP contribution in [-0.2, 0) is 10.5 Å². The van der Waals surface area contributed by atoms with E-state index in [1.807, 2.05) is 31.2 Å². The Balaban J connectivity index is 0.00000242. The Kier molecular flexibility index (Phi) is 7.96. The minimum Gasteiger partial charge on any atom is -0.382 e. The smallest absolute Gasteiger partial charge is 0.154 e. The van der Waals surface area contributed by atoms with Gasteiger partial charge in [-0.05, 0) is 30.7 Å². The third-order valence-corrected chi connectivity index (χ3v) is 4.12. The fourth-order valence-electron chi connectivity index (χ4n) is 2.00. The molecule has 1 unspecified atom stereocenters. The molecule has 0 saturated carbocycles. The largest absolute Gasteiger partial charge is 0.382 e. The molecule has 2 N–H and O–H groups in total. The van der Waals surface area contributed by atoms with E-state index in [1.165, 1.54) is 11.8 Å².